The summed E-state index contributed by atoms with van der Waals surface area (Å²) in [5.41, 5.74) is 6.02. The van der Waals surface area contributed by atoms with E-state index in [1.165, 1.54) is 0 Å². The number of nitrogens with zero attached hydrogens (tertiary/aromatic N) is 3. The van der Waals surface area contributed by atoms with Crippen molar-refractivity contribution in [1.29, 1.82) is 0 Å². The third-order valence-corrected chi connectivity index (χ3v) is 3.31. The van der Waals surface area contributed by atoms with Crippen LogP contribution in [-0.4, -0.2) is 36.2 Å². The third-order valence-electron chi connectivity index (χ3n) is 3.31. The molecule has 0 aliphatic carbocycles. The van der Waals surface area contributed by atoms with Crippen LogP contribution in [0.25, 0.3) is 0 Å². The second kappa shape index (κ2) is 4.87. The standard InChI is InChI=1S/C12H20N4O/c1-8-7-16(5-4-10(8)13)11-6-12(17-3)15-9(2)14-11/h6,8,10H,4-5,7,13H2,1-3H3. The molecule has 1 saturated heterocycles. The number of methoxy groups -OCH3 is 1. The summed E-state index contributed by atoms with van der Waals surface area (Å²) in [6.07, 6.45) is 1.01. The molecule has 1 aromatic rings. The molecule has 2 atom stereocenters. The van der Waals surface area contributed by atoms with E-state index in [1.54, 1.807) is 7.11 Å². The van der Waals surface area contributed by atoms with Gasteiger partial charge >= 0.3 is 0 Å². The average molecular weight is 236 g/mol. The Hall–Kier alpha value is -1.36. The van der Waals surface area contributed by atoms with Gasteiger partial charge in [0.2, 0.25) is 5.88 Å². The van der Waals surface area contributed by atoms with Crippen LogP contribution in [-0.2, 0) is 0 Å². The Morgan fingerprint density at radius 3 is 2.88 bits per heavy atom. The maximum absolute atomic E-state index is 6.02. The highest BCUT2D eigenvalue weighted by Crippen LogP contribution is 2.23. The molecule has 0 saturated carbocycles. The Kier molecular flexibility index (Phi) is 3.47. The fourth-order valence-electron chi connectivity index (χ4n) is 2.16. The maximum Gasteiger partial charge on any atom is 0.218 e. The molecule has 1 aliphatic heterocycles. The van der Waals surface area contributed by atoms with Crippen LogP contribution in [0, 0.1) is 12.8 Å². The second-order valence-corrected chi connectivity index (χ2v) is 4.69. The van der Waals surface area contributed by atoms with Crippen molar-refractivity contribution >= 4 is 5.82 Å². The number of ether oxygens (including phenoxy) is 1. The third kappa shape index (κ3) is 2.66. The highest BCUT2D eigenvalue weighted by molar-refractivity contribution is 5.42. The molecular weight excluding hydrogens is 216 g/mol. The molecule has 0 radical (unpaired) electrons. The van der Waals surface area contributed by atoms with Gasteiger partial charge in [0, 0.05) is 25.2 Å². The van der Waals surface area contributed by atoms with Crippen molar-refractivity contribution in [2.24, 2.45) is 11.7 Å². The largest absolute Gasteiger partial charge is 0.481 e. The van der Waals surface area contributed by atoms with Gasteiger partial charge in [0.05, 0.1) is 7.11 Å². The van der Waals surface area contributed by atoms with Gasteiger partial charge in [0.25, 0.3) is 0 Å². The summed E-state index contributed by atoms with van der Waals surface area (Å²) in [4.78, 5) is 10.9. The zero-order valence-electron chi connectivity index (χ0n) is 10.7. The van der Waals surface area contributed by atoms with Crippen LogP contribution in [0.4, 0.5) is 5.82 Å². The van der Waals surface area contributed by atoms with Gasteiger partial charge in [-0.25, -0.2) is 4.98 Å². The number of nitrogens with two attached hydrogens (primary N) is 1. The Labute approximate surface area is 102 Å². The maximum atomic E-state index is 6.02. The Morgan fingerprint density at radius 1 is 1.47 bits per heavy atom. The summed E-state index contributed by atoms with van der Waals surface area (Å²) < 4.78 is 5.17. The molecule has 2 rings (SSSR count). The molecule has 0 spiro atoms. The van der Waals surface area contributed by atoms with E-state index >= 15 is 0 Å². The van der Waals surface area contributed by atoms with E-state index in [1.807, 2.05) is 13.0 Å². The van der Waals surface area contributed by atoms with Gasteiger partial charge < -0.3 is 15.4 Å². The van der Waals surface area contributed by atoms with E-state index in [-0.39, 0.29) is 0 Å². The van der Waals surface area contributed by atoms with Crippen LogP contribution >= 0.6 is 0 Å². The van der Waals surface area contributed by atoms with E-state index in [4.69, 9.17) is 10.5 Å². The van der Waals surface area contributed by atoms with Crippen molar-refractivity contribution in [3.63, 3.8) is 0 Å². The molecule has 2 unspecified atom stereocenters. The lowest BCUT2D eigenvalue weighted by atomic mass is 9.95. The van der Waals surface area contributed by atoms with Crippen LogP contribution in [0.2, 0.25) is 0 Å². The molecule has 1 aliphatic rings. The summed E-state index contributed by atoms with van der Waals surface area (Å²) in [6.45, 7) is 5.96. The molecule has 2 heterocycles. The number of anilines is 1. The minimum atomic E-state index is 0.302. The van der Waals surface area contributed by atoms with Gasteiger partial charge in [0.1, 0.15) is 11.6 Å². The van der Waals surface area contributed by atoms with Crippen molar-refractivity contribution in [2.75, 3.05) is 25.1 Å². The number of piperidine rings is 1. The number of rotatable bonds is 2. The molecule has 17 heavy (non-hydrogen) atoms. The minimum Gasteiger partial charge on any atom is -0.481 e. The van der Waals surface area contributed by atoms with E-state index < -0.39 is 0 Å². The van der Waals surface area contributed by atoms with Crippen molar-refractivity contribution < 1.29 is 4.74 Å². The van der Waals surface area contributed by atoms with E-state index in [9.17, 15) is 0 Å². The quantitative estimate of drug-likeness (QED) is 0.829. The predicted octanol–water partition coefficient (Wildman–Crippen LogP) is 0.967. The Balaban J connectivity index is 2.19. The molecule has 1 fully saturated rings. The minimum absolute atomic E-state index is 0.302. The molecule has 0 aromatic carbocycles. The fraction of sp³-hybridized carbons (Fsp3) is 0.667. The van der Waals surface area contributed by atoms with Crippen molar-refractivity contribution in [3.05, 3.63) is 11.9 Å². The average Bonchev–Trinajstić information content (AvgIpc) is 2.32. The zero-order valence-corrected chi connectivity index (χ0v) is 10.7. The van der Waals surface area contributed by atoms with E-state index in [2.05, 4.69) is 21.8 Å². The number of hydrogen-bond acceptors (Lipinski definition) is 5. The fourth-order valence-corrected chi connectivity index (χ4v) is 2.16. The first kappa shape index (κ1) is 12.1. The van der Waals surface area contributed by atoms with E-state index in [0.717, 1.165) is 31.2 Å². The predicted molar refractivity (Wildman–Crippen MR) is 67.3 cm³/mol. The normalized spacial score (nSPS) is 24.8. The monoisotopic (exact) mass is 236 g/mol. The number of aryl methyl sites for hydroxylation is 1. The smallest absolute Gasteiger partial charge is 0.218 e. The summed E-state index contributed by atoms with van der Waals surface area (Å²) >= 11 is 0. The summed E-state index contributed by atoms with van der Waals surface area (Å²) in [5.74, 6) is 2.79. The van der Waals surface area contributed by atoms with Gasteiger partial charge in [0.15, 0.2) is 0 Å². The molecule has 5 heteroatoms. The van der Waals surface area contributed by atoms with Crippen molar-refractivity contribution in [1.82, 2.24) is 9.97 Å². The van der Waals surface area contributed by atoms with Gasteiger partial charge in [-0.15, -0.1) is 0 Å². The first-order valence-corrected chi connectivity index (χ1v) is 6.00. The molecular formula is C12H20N4O. The van der Waals surface area contributed by atoms with Crippen LogP contribution in [0.5, 0.6) is 5.88 Å². The van der Waals surface area contributed by atoms with Crippen LogP contribution in [0.1, 0.15) is 19.2 Å². The Morgan fingerprint density at radius 2 is 2.24 bits per heavy atom. The van der Waals surface area contributed by atoms with Gasteiger partial charge in [-0.05, 0) is 19.3 Å². The molecule has 2 N–H and O–H groups in total. The lowest BCUT2D eigenvalue weighted by Crippen LogP contribution is -2.46. The number of aromatic nitrogens is 2. The summed E-state index contributed by atoms with van der Waals surface area (Å²) in [6, 6.07) is 2.19. The van der Waals surface area contributed by atoms with Gasteiger partial charge in [-0.3, -0.25) is 0 Å². The van der Waals surface area contributed by atoms with E-state index in [0.29, 0.717) is 17.8 Å². The van der Waals surface area contributed by atoms with Crippen molar-refractivity contribution in [3.8, 4) is 5.88 Å². The van der Waals surface area contributed by atoms with Gasteiger partial charge in [-0.2, -0.15) is 4.98 Å². The zero-order chi connectivity index (χ0) is 12.4. The highest BCUT2D eigenvalue weighted by atomic mass is 16.5. The molecule has 0 amide bonds. The summed E-state index contributed by atoms with van der Waals surface area (Å²) in [7, 11) is 1.63. The lowest BCUT2D eigenvalue weighted by Gasteiger charge is -2.35. The molecule has 1 aromatic heterocycles. The highest BCUT2D eigenvalue weighted by Gasteiger charge is 2.24. The van der Waals surface area contributed by atoms with Crippen LogP contribution in [0.15, 0.2) is 6.07 Å². The lowest BCUT2D eigenvalue weighted by molar-refractivity contribution is 0.377. The number of hydrogen-bond donors (Lipinski definition) is 1. The molecule has 0 bridgehead atoms. The first-order valence-electron chi connectivity index (χ1n) is 6.00. The van der Waals surface area contributed by atoms with Crippen molar-refractivity contribution in [2.45, 2.75) is 26.3 Å². The SMILES string of the molecule is COc1cc(N2CCC(N)C(C)C2)nc(C)n1. The van der Waals surface area contributed by atoms with Crippen LogP contribution < -0.4 is 15.4 Å². The molecule has 5 nitrogen and oxygen atoms in total. The van der Waals surface area contributed by atoms with Crippen LogP contribution in [0.3, 0.4) is 0 Å². The second-order valence-electron chi connectivity index (χ2n) is 4.69. The van der Waals surface area contributed by atoms with Gasteiger partial charge in [-0.1, -0.05) is 6.92 Å². The summed E-state index contributed by atoms with van der Waals surface area (Å²) in [5, 5.41) is 0. The topological polar surface area (TPSA) is 64.3 Å². The Bertz CT molecular complexity index is 396. The molecule has 94 valence electrons. The first-order chi connectivity index (χ1) is 8.10.